The lowest BCUT2D eigenvalue weighted by Crippen LogP contribution is -2.47. The van der Waals surface area contributed by atoms with Crippen molar-refractivity contribution in [3.63, 3.8) is 0 Å². The maximum Gasteiger partial charge on any atom is 0.500 e. The average Bonchev–Trinajstić information content (AvgIpc) is 2.65. The molecule has 1 radical (unpaired) electrons. The fourth-order valence-electron chi connectivity index (χ4n) is 3.10. The Morgan fingerprint density at radius 2 is 1.54 bits per heavy atom. The van der Waals surface area contributed by atoms with Crippen molar-refractivity contribution in [1.82, 2.24) is 5.32 Å². The number of carbonyl (C=O) groups is 1. The van der Waals surface area contributed by atoms with Gasteiger partial charge in [0.2, 0.25) is 5.91 Å². The SMILES string of the molecule is CCCCCC[CH]CCC(=O)NCC(C)(C)CC[Si](OCC)(OCC)OCC. The highest BCUT2D eigenvalue weighted by molar-refractivity contribution is 6.60. The summed E-state index contributed by atoms with van der Waals surface area (Å²) in [6.45, 7) is 15.0. The molecule has 0 saturated carbocycles. The molecule has 167 valence electrons. The van der Waals surface area contributed by atoms with E-state index in [1.54, 1.807) is 0 Å². The smallest absolute Gasteiger partial charge is 0.374 e. The number of nitrogens with one attached hydrogen (secondary N) is 1. The van der Waals surface area contributed by atoms with Gasteiger partial charge in [-0.3, -0.25) is 4.79 Å². The summed E-state index contributed by atoms with van der Waals surface area (Å²) in [6.07, 6.45) is 10.8. The summed E-state index contributed by atoms with van der Waals surface area (Å²) >= 11 is 0. The summed E-state index contributed by atoms with van der Waals surface area (Å²) in [5.74, 6) is 0.140. The highest BCUT2D eigenvalue weighted by atomic mass is 28.4. The summed E-state index contributed by atoms with van der Waals surface area (Å²) in [5, 5.41) is 3.10. The second-order valence-corrected chi connectivity index (χ2v) is 10.8. The van der Waals surface area contributed by atoms with Gasteiger partial charge in [0.1, 0.15) is 0 Å². The van der Waals surface area contributed by atoms with Crippen molar-refractivity contribution in [3.8, 4) is 0 Å². The van der Waals surface area contributed by atoms with Crippen LogP contribution in [0, 0.1) is 11.8 Å². The first-order valence-electron chi connectivity index (χ1n) is 11.3. The third kappa shape index (κ3) is 13.7. The molecule has 0 aliphatic heterocycles. The first-order chi connectivity index (χ1) is 13.3. The Labute approximate surface area is 175 Å². The van der Waals surface area contributed by atoms with Gasteiger partial charge in [-0.1, -0.05) is 52.9 Å². The van der Waals surface area contributed by atoms with Crippen molar-refractivity contribution in [1.29, 1.82) is 0 Å². The minimum atomic E-state index is -2.62. The fraction of sp³-hybridized carbons (Fsp3) is 0.909. The molecule has 28 heavy (non-hydrogen) atoms. The van der Waals surface area contributed by atoms with Crippen LogP contribution < -0.4 is 5.32 Å². The molecule has 0 bridgehead atoms. The molecule has 0 saturated heterocycles. The Bertz CT molecular complexity index is 374. The van der Waals surface area contributed by atoms with E-state index in [2.05, 4.69) is 32.5 Å². The third-order valence-electron chi connectivity index (χ3n) is 4.80. The maximum atomic E-state index is 12.1. The van der Waals surface area contributed by atoms with Crippen molar-refractivity contribution in [2.75, 3.05) is 26.4 Å². The number of unbranched alkanes of at least 4 members (excludes halogenated alkanes) is 6. The predicted octanol–water partition coefficient (Wildman–Crippen LogP) is 5.52. The summed E-state index contributed by atoms with van der Waals surface area (Å²) in [7, 11) is -2.62. The molecule has 0 unspecified atom stereocenters. The molecule has 0 aromatic rings. The zero-order chi connectivity index (χ0) is 21.3. The molecule has 0 aliphatic rings. The fourth-order valence-corrected chi connectivity index (χ4v) is 6.09. The van der Waals surface area contributed by atoms with Gasteiger partial charge in [-0.15, -0.1) is 0 Å². The normalized spacial score (nSPS) is 12.4. The first kappa shape index (κ1) is 27.6. The Balaban J connectivity index is 4.20. The van der Waals surface area contributed by atoms with Crippen LogP contribution in [0.5, 0.6) is 0 Å². The lowest BCUT2D eigenvalue weighted by atomic mass is 9.90. The largest absolute Gasteiger partial charge is 0.500 e. The van der Waals surface area contributed by atoms with E-state index in [0.29, 0.717) is 32.8 Å². The highest BCUT2D eigenvalue weighted by Crippen LogP contribution is 2.28. The summed E-state index contributed by atoms with van der Waals surface area (Å²) in [4.78, 5) is 12.1. The predicted molar refractivity (Wildman–Crippen MR) is 119 cm³/mol. The van der Waals surface area contributed by atoms with Crippen LogP contribution in [0.15, 0.2) is 0 Å². The van der Waals surface area contributed by atoms with Crippen LogP contribution >= 0.6 is 0 Å². The van der Waals surface area contributed by atoms with Crippen molar-refractivity contribution in [2.45, 2.75) is 99.0 Å². The van der Waals surface area contributed by atoms with Crippen LogP contribution in [-0.4, -0.2) is 41.1 Å². The van der Waals surface area contributed by atoms with Crippen molar-refractivity contribution >= 4 is 14.7 Å². The molecule has 6 heteroatoms. The maximum absolute atomic E-state index is 12.1. The molecule has 0 aromatic heterocycles. The van der Waals surface area contributed by atoms with Gasteiger partial charge in [0.25, 0.3) is 0 Å². The second-order valence-electron chi connectivity index (χ2n) is 8.10. The van der Waals surface area contributed by atoms with E-state index in [-0.39, 0.29) is 11.3 Å². The van der Waals surface area contributed by atoms with Crippen LogP contribution in [0.25, 0.3) is 0 Å². The quantitative estimate of drug-likeness (QED) is 0.222. The van der Waals surface area contributed by atoms with E-state index in [0.717, 1.165) is 25.3 Å². The molecule has 0 rings (SSSR count). The van der Waals surface area contributed by atoms with Crippen molar-refractivity contribution < 1.29 is 18.1 Å². The number of hydrogen-bond acceptors (Lipinski definition) is 4. The van der Waals surface area contributed by atoms with Crippen molar-refractivity contribution in [3.05, 3.63) is 6.42 Å². The van der Waals surface area contributed by atoms with Gasteiger partial charge in [-0.2, -0.15) is 0 Å². The lowest BCUT2D eigenvalue weighted by molar-refractivity contribution is -0.121. The van der Waals surface area contributed by atoms with E-state index >= 15 is 0 Å². The van der Waals surface area contributed by atoms with Gasteiger partial charge in [-0.05, 0) is 45.4 Å². The van der Waals surface area contributed by atoms with Crippen LogP contribution in [0.3, 0.4) is 0 Å². The Morgan fingerprint density at radius 1 is 0.929 bits per heavy atom. The third-order valence-corrected chi connectivity index (χ3v) is 7.85. The number of rotatable bonds is 19. The van der Waals surface area contributed by atoms with Gasteiger partial charge in [-0.25, -0.2) is 0 Å². The molecule has 0 spiro atoms. The molecule has 0 heterocycles. The van der Waals surface area contributed by atoms with Crippen LogP contribution in [0.4, 0.5) is 0 Å². The minimum Gasteiger partial charge on any atom is -0.374 e. The number of hydrogen-bond donors (Lipinski definition) is 1. The van der Waals surface area contributed by atoms with Crippen LogP contribution in [-0.2, 0) is 18.1 Å². The highest BCUT2D eigenvalue weighted by Gasteiger charge is 2.41. The molecular formula is C22H46NO4Si. The summed E-state index contributed by atoms with van der Waals surface area (Å²) in [6, 6.07) is 0.775. The molecule has 1 N–H and O–H groups in total. The van der Waals surface area contributed by atoms with Gasteiger partial charge < -0.3 is 18.6 Å². The monoisotopic (exact) mass is 416 g/mol. The molecule has 1 amide bonds. The van der Waals surface area contributed by atoms with E-state index in [4.69, 9.17) is 13.3 Å². The van der Waals surface area contributed by atoms with Crippen LogP contribution in [0.2, 0.25) is 6.04 Å². The zero-order valence-electron chi connectivity index (χ0n) is 19.4. The van der Waals surface area contributed by atoms with E-state index in [1.807, 2.05) is 20.8 Å². The average molecular weight is 417 g/mol. The molecule has 0 aliphatic carbocycles. The number of carbonyl (C=O) groups excluding carboxylic acids is 1. The first-order valence-corrected chi connectivity index (χ1v) is 13.3. The Morgan fingerprint density at radius 3 is 2.07 bits per heavy atom. The number of amides is 1. The lowest BCUT2D eigenvalue weighted by Gasteiger charge is -2.32. The summed E-state index contributed by atoms with van der Waals surface area (Å²) < 4.78 is 17.8. The molecule has 5 nitrogen and oxygen atoms in total. The van der Waals surface area contributed by atoms with Gasteiger partial charge in [0.15, 0.2) is 0 Å². The molecule has 0 aromatic carbocycles. The van der Waals surface area contributed by atoms with Gasteiger partial charge >= 0.3 is 8.80 Å². The van der Waals surface area contributed by atoms with E-state index in [1.165, 1.54) is 25.7 Å². The van der Waals surface area contributed by atoms with Crippen molar-refractivity contribution in [2.24, 2.45) is 5.41 Å². The second kappa shape index (κ2) is 16.4. The Hall–Kier alpha value is -0.433. The van der Waals surface area contributed by atoms with Crippen LogP contribution in [0.1, 0.15) is 92.9 Å². The van der Waals surface area contributed by atoms with Gasteiger partial charge in [0, 0.05) is 38.8 Å². The molecule has 0 atom stereocenters. The molecule has 0 fully saturated rings. The van der Waals surface area contributed by atoms with Gasteiger partial charge in [0.05, 0.1) is 0 Å². The van der Waals surface area contributed by atoms with E-state index in [9.17, 15) is 4.79 Å². The topological polar surface area (TPSA) is 56.8 Å². The minimum absolute atomic E-state index is 0.0247. The zero-order valence-corrected chi connectivity index (χ0v) is 20.4. The Kier molecular flexibility index (Phi) is 16.1. The summed E-state index contributed by atoms with van der Waals surface area (Å²) in [5.41, 5.74) is -0.0247. The standard InChI is InChI=1S/C22H46NO4Si/c1-7-11-12-13-14-15-16-17-21(24)23-20-22(5,6)18-19-28(25-8-2,26-9-3)27-10-4/h15H,7-14,16-20H2,1-6H3,(H,23,24). The molecular weight excluding hydrogens is 370 g/mol. The van der Waals surface area contributed by atoms with E-state index < -0.39 is 8.80 Å².